The van der Waals surface area contributed by atoms with Gasteiger partial charge < -0.3 is 19.5 Å². The Balaban J connectivity index is 1.44. The Kier molecular flexibility index (Phi) is 8.86. The Labute approximate surface area is 245 Å². The van der Waals surface area contributed by atoms with E-state index >= 15 is 0 Å². The first kappa shape index (κ1) is 30.9. The maximum atomic E-state index is 13.7. The minimum absolute atomic E-state index is 0.0701. The quantitative estimate of drug-likeness (QED) is 0.311. The van der Waals surface area contributed by atoms with Crippen molar-refractivity contribution in [1.29, 1.82) is 0 Å². The topological polar surface area (TPSA) is 96.4 Å². The number of alkyl halides is 3. The maximum Gasteiger partial charge on any atom is 0.426 e. The highest BCUT2D eigenvalue weighted by atomic mass is 32.1. The first-order valence-electron chi connectivity index (χ1n) is 13.1. The number of likely N-dealkylation sites (N-methyl/N-ethyl adjacent to an activating group) is 1. The average Bonchev–Trinajstić information content (AvgIpc) is 3.54. The van der Waals surface area contributed by atoms with Crippen molar-refractivity contribution in [1.82, 2.24) is 4.90 Å². The summed E-state index contributed by atoms with van der Waals surface area (Å²) in [4.78, 5) is 39.5. The van der Waals surface area contributed by atoms with Gasteiger partial charge in [-0.3, -0.25) is 9.69 Å². The summed E-state index contributed by atoms with van der Waals surface area (Å²) in [7, 11) is 1.27. The van der Waals surface area contributed by atoms with Crippen LogP contribution in [0.5, 0.6) is 5.75 Å². The van der Waals surface area contributed by atoms with E-state index in [1.54, 1.807) is 69.3 Å². The maximum absolute atomic E-state index is 13.7. The Morgan fingerprint density at radius 1 is 1.07 bits per heavy atom. The molecule has 1 aliphatic heterocycles. The van der Waals surface area contributed by atoms with E-state index in [0.717, 1.165) is 10.5 Å². The standard InChI is InChI=1S/C30H31F3N2O6S/c1-29(2,3)41-28(39)34(4)24(27(37)38)16-25(36)35-13-12-19-14-20(10-11-23(19)35)40-17-21-15-22(18-8-6-5-7-9-18)26(42-21)30(31,32)33/h5-11,14-15,24H,12-13,16-17H2,1-4H3,(H,37,38). The largest absolute Gasteiger partial charge is 0.488 e. The molecular weight excluding hydrogens is 573 g/mol. The number of halogens is 3. The second kappa shape index (κ2) is 12.0. The van der Waals surface area contributed by atoms with Crippen LogP contribution in [0.2, 0.25) is 0 Å². The molecule has 0 radical (unpaired) electrons. The molecule has 0 bridgehead atoms. The molecule has 4 rings (SSSR count). The van der Waals surface area contributed by atoms with Gasteiger partial charge in [-0.2, -0.15) is 13.2 Å². The lowest BCUT2D eigenvalue weighted by Crippen LogP contribution is -2.47. The van der Waals surface area contributed by atoms with Crippen molar-refractivity contribution in [2.45, 2.75) is 58.0 Å². The smallest absolute Gasteiger partial charge is 0.426 e. The van der Waals surface area contributed by atoms with Crippen LogP contribution >= 0.6 is 11.3 Å². The molecule has 42 heavy (non-hydrogen) atoms. The molecule has 224 valence electrons. The first-order valence-corrected chi connectivity index (χ1v) is 14.0. The van der Waals surface area contributed by atoms with E-state index < -0.39 is 47.1 Å². The summed E-state index contributed by atoms with van der Waals surface area (Å²) in [6.07, 6.45) is -5.33. The van der Waals surface area contributed by atoms with Gasteiger partial charge in [0, 0.05) is 29.7 Å². The summed E-state index contributed by atoms with van der Waals surface area (Å²) in [5, 5.41) is 9.70. The van der Waals surface area contributed by atoms with Crippen molar-refractivity contribution < 1.29 is 42.1 Å². The van der Waals surface area contributed by atoms with Crippen LogP contribution in [-0.2, 0) is 33.5 Å². The number of thiophene rings is 1. The van der Waals surface area contributed by atoms with E-state index in [1.165, 1.54) is 18.0 Å². The Bertz CT molecular complexity index is 1470. The number of carbonyl (C=O) groups excluding carboxylic acids is 2. The third kappa shape index (κ3) is 7.22. The van der Waals surface area contributed by atoms with E-state index in [4.69, 9.17) is 9.47 Å². The van der Waals surface area contributed by atoms with Crippen LogP contribution in [0.1, 0.15) is 42.5 Å². The van der Waals surface area contributed by atoms with Crippen LogP contribution in [0, 0.1) is 0 Å². The molecule has 2 heterocycles. The van der Waals surface area contributed by atoms with Gasteiger partial charge in [0.25, 0.3) is 0 Å². The molecule has 0 aliphatic carbocycles. The predicted octanol–water partition coefficient (Wildman–Crippen LogP) is 6.61. The number of fused-ring (bicyclic) bond motifs is 1. The zero-order chi connectivity index (χ0) is 30.8. The van der Waals surface area contributed by atoms with Crippen LogP contribution < -0.4 is 9.64 Å². The summed E-state index contributed by atoms with van der Waals surface area (Å²) in [6.45, 7) is 5.20. The number of ether oxygens (including phenoxy) is 2. The fourth-order valence-electron chi connectivity index (χ4n) is 4.56. The lowest BCUT2D eigenvalue weighted by molar-refractivity contribution is -0.144. The van der Waals surface area contributed by atoms with Crippen molar-refractivity contribution >= 4 is 35.0 Å². The number of carboxylic acids is 1. The highest BCUT2D eigenvalue weighted by molar-refractivity contribution is 7.12. The van der Waals surface area contributed by atoms with Gasteiger partial charge >= 0.3 is 18.2 Å². The molecule has 0 spiro atoms. The molecule has 1 atom stereocenters. The molecule has 1 unspecified atom stereocenters. The normalized spacial score (nSPS) is 13.8. The molecule has 1 aliphatic rings. The minimum atomic E-state index is -4.50. The van der Waals surface area contributed by atoms with E-state index in [1.807, 2.05) is 0 Å². The van der Waals surface area contributed by atoms with Crippen molar-refractivity contribution in [3.05, 3.63) is 69.9 Å². The third-order valence-electron chi connectivity index (χ3n) is 6.56. The number of hydrogen-bond acceptors (Lipinski definition) is 6. The Morgan fingerprint density at radius 2 is 1.76 bits per heavy atom. The van der Waals surface area contributed by atoms with Crippen LogP contribution in [0.4, 0.5) is 23.7 Å². The van der Waals surface area contributed by atoms with Crippen molar-refractivity contribution in [2.24, 2.45) is 0 Å². The van der Waals surface area contributed by atoms with E-state index in [-0.39, 0.29) is 12.2 Å². The summed E-state index contributed by atoms with van der Waals surface area (Å²) in [6, 6.07) is 13.4. The summed E-state index contributed by atoms with van der Waals surface area (Å²) < 4.78 is 52.2. The number of hydrogen-bond donors (Lipinski definition) is 1. The predicted molar refractivity (Wildman–Crippen MR) is 152 cm³/mol. The van der Waals surface area contributed by atoms with E-state index in [2.05, 4.69) is 0 Å². The van der Waals surface area contributed by atoms with Gasteiger partial charge in [-0.25, -0.2) is 9.59 Å². The van der Waals surface area contributed by atoms with Gasteiger partial charge in [-0.1, -0.05) is 30.3 Å². The van der Waals surface area contributed by atoms with Gasteiger partial charge in [0.05, 0.1) is 6.42 Å². The molecule has 3 aromatic rings. The van der Waals surface area contributed by atoms with Gasteiger partial charge in [0.2, 0.25) is 5.91 Å². The SMILES string of the molecule is CN(C(=O)OC(C)(C)C)C(CC(=O)N1CCc2cc(OCc3cc(-c4ccccc4)c(C(F)(F)F)s3)ccc21)C(=O)O. The second-order valence-corrected chi connectivity index (χ2v) is 12.0. The van der Waals surface area contributed by atoms with E-state index in [0.29, 0.717) is 46.2 Å². The molecule has 8 nitrogen and oxygen atoms in total. The highest BCUT2D eigenvalue weighted by Crippen LogP contribution is 2.43. The molecular formula is C30H31F3N2O6S. The molecule has 2 amide bonds. The van der Waals surface area contributed by atoms with Gasteiger partial charge in [-0.05, 0) is 62.6 Å². The van der Waals surface area contributed by atoms with Gasteiger partial charge in [0.1, 0.15) is 28.9 Å². The van der Waals surface area contributed by atoms with Gasteiger partial charge in [-0.15, -0.1) is 11.3 Å². The molecule has 2 aromatic carbocycles. The minimum Gasteiger partial charge on any atom is -0.488 e. The van der Waals surface area contributed by atoms with Crippen LogP contribution in [0.3, 0.4) is 0 Å². The lowest BCUT2D eigenvalue weighted by Gasteiger charge is -2.29. The zero-order valence-electron chi connectivity index (χ0n) is 23.5. The van der Waals surface area contributed by atoms with Gasteiger partial charge in [0.15, 0.2) is 0 Å². The zero-order valence-corrected chi connectivity index (χ0v) is 24.3. The summed E-state index contributed by atoms with van der Waals surface area (Å²) >= 11 is 0.638. The molecule has 0 saturated heterocycles. The fourth-order valence-corrected chi connectivity index (χ4v) is 5.52. The van der Waals surface area contributed by atoms with Crippen LogP contribution in [-0.4, -0.2) is 53.2 Å². The average molecular weight is 605 g/mol. The lowest BCUT2D eigenvalue weighted by atomic mass is 10.1. The van der Waals surface area contributed by atoms with E-state index in [9.17, 15) is 32.7 Å². The number of benzene rings is 2. The van der Waals surface area contributed by atoms with Crippen molar-refractivity contribution in [3.63, 3.8) is 0 Å². The second-order valence-electron chi connectivity index (χ2n) is 10.8. The number of rotatable bonds is 8. The number of nitrogens with zero attached hydrogens (tertiary/aromatic N) is 2. The molecule has 0 fully saturated rings. The molecule has 0 saturated carbocycles. The highest BCUT2D eigenvalue weighted by Gasteiger charge is 2.37. The Hall–Kier alpha value is -4.06. The van der Waals surface area contributed by atoms with Crippen LogP contribution in [0.15, 0.2) is 54.6 Å². The third-order valence-corrected chi connectivity index (χ3v) is 7.71. The summed E-state index contributed by atoms with van der Waals surface area (Å²) in [5.74, 6) is -1.38. The number of carboxylic acid groups (broad SMARTS) is 1. The summed E-state index contributed by atoms with van der Waals surface area (Å²) in [5.41, 5.74) is 1.10. The molecule has 1 aromatic heterocycles. The number of carbonyl (C=O) groups is 3. The molecule has 1 N–H and O–H groups in total. The number of amides is 2. The fraction of sp³-hybridized carbons (Fsp3) is 0.367. The van der Waals surface area contributed by atoms with Crippen molar-refractivity contribution in [2.75, 3.05) is 18.5 Å². The monoisotopic (exact) mass is 604 g/mol. The van der Waals surface area contributed by atoms with Crippen LogP contribution in [0.25, 0.3) is 11.1 Å². The number of aliphatic carboxylic acids is 1. The first-order chi connectivity index (χ1) is 19.6. The Morgan fingerprint density at radius 3 is 2.38 bits per heavy atom. The van der Waals surface area contributed by atoms with Crippen molar-refractivity contribution in [3.8, 4) is 16.9 Å². The number of anilines is 1. The molecule has 12 heteroatoms.